The van der Waals surface area contributed by atoms with Crippen LogP contribution >= 0.6 is 11.6 Å². The van der Waals surface area contributed by atoms with Crippen LogP contribution in [-0.4, -0.2) is 49.1 Å². The van der Waals surface area contributed by atoms with Gasteiger partial charge in [0.15, 0.2) is 21.5 Å². The fourth-order valence-electron chi connectivity index (χ4n) is 2.82. The third kappa shape index (κ3) is 4.70. The van der Waals surface area contributed by atoms with E-state index in [1.807, 2.05) is 4.90 Å². The van der Waals surface area contributed by atoms with Crippen LogP contribution in [0.25, 0.3) is 0 Å². The minimum atomic E-state index is -2.96. The fraction of sp³-hybridized carbons (Fsp3) is 0.353. The second-order valence-electron chi connectivity index (χ2n) is 6.30. The summed E-state index contributed by atoms with van der Waals surface area (Å²) in [5.74, 6) is 1.05. The van der Waals surface area contributed by atoms with Gasteiger partial charge in [0.1, 0.15) is 0 Å². The number of nitrogens with zero attached hydrogens (tertiary/aromatic N) is 3. The first-order chi connectivity index (χ1) is 12.3. The molecule has 26 heavy (non-hydrogen) atoms. The van der Waals surface area contributed by atoms with Crippen molar-refractivity contribution in [1.82, 2.24) is 10.2 Å². The first kappa shape index (κ1) is 18.6. The van der Waals surface area contributed by atoms with E-state index in [2.05, 4.69) is 15.5 Å². The number of hydrogen-bond acceptors (Lipinski definition) is 6. The number of carbonyl (C=O) groups excluding carboxylic acids is 1. The summed E-state index contributed by atoms with van der Waals surface area (Å²) in [4.78, 5) is 13.9. The highest BCUT2D eigenvalue weighted by Gasteiger charge is 2.31. The second kappa shape index (κ2) is 7.59. The highest BCUT2D eigenvalue weighted by atomic mass is 35.5. The van der Waals surface area contributed by atoms with Crippen molar-refractivity contribution in [1.29, 1.82) is 0 Å². The second-order valence-corrected chi connectivity index (χ2v) is 8.96. The number of anilines is 2. The number of nitrogens with one attached hydrogen (secondary N) is 1. The van der Waals surface area contributed by atoms with E-state index in [9.17, 15) is 13.2 Å². The largest absolute Gasteiger partial charge is 0.354 e. The maximum atomic E-state index is 12.1. The minimum Gasteiger partial charge on any atom is -0.354 e. The van der Waals surface area contributed by atoms with Crippen molar-refractivity contribution in [3.05, 3.63) is 47.0 Å². The Morgan fingerprint density at radius 2 is 1.96 bits per heavy atom. The van der Waals surface area contributed by atoms with Gasteiger partial charge in [0.2, 0.25) is 5.91 Å². The lowest BCUT2D eigenvalue weighted by molar-refractivity contribution is -0.115. The number of halogens is 1. The number of benzene rings is 1. The first-order valence-corrected chi connectivity index (χ1v) is 10.3. The average molecular weight is 395 g/mol. The van der Waals surface area contributed by atoms with Gasteiger partial charge < -0.3 is 10.2 Å². The Morgan fingerprint density at radius 1 is 1.23 bits per heavy atom. The van der Waals surface area contributed by atoms with Crippen LogP contribution in [0.15, 0.2) is 36.4 Å². The molecule has 0 bridgehead atoms. The van der Waals surface area contributed by atoms with Crippen molar-refractivity contribution < 1.29 is 13.2 Å². The Balaban J connectivity index is 1.58. The Morgan fingerprint density at radius 3 is 2.54 bits per heavy atom. The molecule has 9 heteroatoms. The Labute approximate surface area is 157 Å². The molecule has 1 amide bonds. The standard InChI is InChI=1S/C17H19ClN4O3S/c1-22(14-8-9-26(24,25)11-14)16-7-6-15(20-21-16)19-17(23)10-12-2-4-13(18)5-3-12/h2-7,14H,8-11H2,1H3,(H,19,20,23). The van der Waals surface area contributed by atoms with Crippen LogP contribution in [0, 0.1) is 0 Å². The number of carbonyl (C=O) groups is 1. The smallest absolute Gasteiger partial charge is 0.229 e. The normalized spacial score (nSPS) is 18.5. The van der Waals surface area contributed by atoms with Gasteiger partial charge in [-0.2, -0.15) is 0 Å². The molecule has 1 unspecified atom stereocenters. The van der Waals surface area contributed by atoms with Crippen molar-refractivity contribution in [2.75, 3.05) is 28.8 Å². The number of aromatic nitrogens is 2. The van der Waals surface area contributed by atoms with Gasteiger partial charge in [-0.15, -0.1) is 10.2 Å². The van der Waals surface area contributed by atoms with Crippen LogP contribution in [0.4, 0.5) is 11.6 Å². The van der Waals surface area contributed by atoms with E-state index < -0.39 is 9.84 Å². The number of rotatable bonds is 5. The topological polar surface area (TPSA) is 92.3 Å². The van der Waals surface area contributed by atoms with Crippen LogP contribution in [0.2, 0.25) is 5.02 Å². The van der Waals surface area contributed by atoms with Crippen LogP contribution in [-0.2, 0) is 21.1 Å². The summed E-state index contributed by atoms with van der Waals surface area (Å²) >= 11 is 5.82. The number of amides is 1. The van der Waals surface area contributed by atoms with Gasteiger partial charge in [-0.3, -0.25) is 4.79 Å². The average Bonchev–Trinajstić information content (AvgIpc) is 2.97. The zero-order valence-electron chi connectivity index (χ0n) is 14.2. The number of hydrogen-bond donors (Lipinski definition) is 1. The molecule has 1 aliphatic heterocycles. The maximum absolute atomic E-state index is 12.1. The molecule has 1 aromatic heterocycles. The van der Waals surface area contributed by atoms with Crippen LogP contribution < -0.4 is 10.2 Å². The number of sulfone groups is 1. The molecule has 3 rings (SSSR count). The van der Waals surface area contributed by atoms with Crippen molar-refractivity contribution in [2.24, 2.45) is 0 Å². The molecule has 1 aliphatic rings. The lowest BCUT2D eigenvalue weighted by atomic mass is 10.1. The molecule has 1 atom stereocenters. The molecule has 1 saturated heterocycles. The summed E-state index contributed by atoms with van der Waals surface area (Å²) in [7, 11) is -1.16. The maximum Gasteiger partial charge on any atom is 0.229 e. The molecule has 0 saturated carbocycles. The summed E-state index contributed by atoms with van der Waals surface area (Å²) in [6.45, 7) is 0. The van der Waals surface area contributed by atoms with Gasteiger partial charge in [0.05, 0.1) is 17.9 Å². The highest BCUT2D eigenvalue weighted by molar-refractivity contribution is 7.91. The van der Waals surface area contributed by atoms with Gasteiger partial charge in [0, 0.05) is 18.1 Å². The predicted octanol–water partition coefficient (Wildman–Crippen LogP) is 1.93. The van der Waals surface area contributed by atoms with Gasteiger partial charge in [-0.1, -0.05) is 23.7 Å². The van der Waals surface area contributed by atoms with Crippen LogP contribution in [0.5, 0.6) is 0 Å². The van der Waals surface area contributed by atoms with E-state index >= 15 is 0 Å². The third-order valence-electron chi connectivity index (χ3n) is 4.31. The van der Waals surface area contributed by atoms with Gasteiger partial charge >= 0.3 is 0 Å². The lowest BCUT2D eigenvalue weighted by Crippen LogP contribution is -2.33. The highest BCUT2D eigenvalue weighted by Crippen LogP contribution is 2.21. The van der Waals surface area contributed by atoms with Crippen molar-refractivity contribution in [3.63, 3.8) is 0 Å². The van der Waals surface area contributed by atoms with E-state index in [-0.39, 0.29) is 29.9 Å². The summed E-state index contributed by atoms with van der Waals surface area (Å²) < 4.78 is 23.2. The van der Waals surface area contributed by atoms with Crippen LogP contribution in [0.3, 0.4) is 0 Å². The minimum absolute atomic E-state index is 0.0976. The predicted molar refractivity (Wildman–Crippen MR) is 101 cm³/mol. The van der Waals surface area contributed by atoms with Crippen molar-refractivity contribution in [3.8, 4) is 0 Å². The summed E-state index contributed by atoms with van der Waals surface area (Å²) in [5.41, 5.74) is 0.846. The quantitative estimate of drug-likeness (QED) is 0.833. The van der Waals surface area contributed by atoms with Crippen molar-refractivity contribution >= 4 is 39.0 Å². The van der Waals surface area contributed by atoms with E-state index in [1.165, 1.54) is 0 Å². The molecule has 1 aromatic carbocycles. The molecule has 1 N–H and O–H groups in total. The molecule has 0 spiro atoms. The summed E-state index contributed by atoms with van der Waals surface area (Å²) in [5, 5.41) is 11.4. The van der Waals surface area contributed by atoms with Gasteiger partial charge in [-0.05, 0) is 36.2 Å². The summed E-state index contributed by atoms with van der Waals surface area (Å²) in [6, 6.07) is 10.3. The van der Waals surface area contributed by atoms with E-state index in [0.717, 1.165) is 5.56 Å². The molecule has 138 valence electrons. The zero-order chi connectivity index (χ0) is 18.7. The molecule has 2 heterocycles. The monoisotopic (exact) mass is 394 g/mol. The zero-order valence-corrected chi connectivity index (χ0v) is 15.8. The molecule has 0 aliphatic carbocycles. The van der Waals surface area contributed by atoms with Crippen LogP contribution in [0.1, 0.15) is 12.0 Å². The Bertz CT molecular complexity index is 885. The molecular weight excluding hydrogens is 376 g/mol. The van der Waals surface area contributed by atoms with E-state index in [1.54, 1.807) is 43.4 Å². The molecular formula is C17H19ClN4O3S. The van der Waals surface area contributed by atoms with Gasteiger partial charge in [0.25, 0.3) is 0 Å². The third-order valence-corrected chi connectivity index (χ3v) is 6.32. The first-order valence-electron chi connectivity index (χ1n) is 8.14. The van der Waals surface area contributed by atoms with E-state index in [4.69, 9.17) is 11.6 Å². The molecule has 2 aromatic rings. The molecule has 1 fully saturated rings. The SMILES string of the molecule is CN(c1ccc(NC(=O)Cc2ccc(Cl)cc2)nn1)C1CCS(=O)(=O)C1. The Kier molecular flexibility index (Phi) is 5.43. The Hall–Kier alpha value is -2.19. The van der Waals surface area contributed by atoms with Crippen molar-refractivity contribution in [2.45, 2.75) is 18.9 Å². The van der Waals surface area contributed by atoms with E-state index in [0.29, 0.717) is 23.1 Å². The molecule has 7 nitrogen and oxygen atoms in total. The fourth-order valence-corrected chi connectivity index (χ4v) is 4.72. The lowest BCUT2D eigenvalue weighted by Gasteiger charge is -2.23. The molecule has 0 radical (unpaired) electrons. The van der Waals surface area contributed by atoms with Gasteiger partial charge in [-0.25, -0.2) is 8.42 Å². The summed E-state index contributed by atoms with van der Waals surface area (Å²) in [6.07, 6.45) is 0.792.